The van der Waals surface area contributed by atoms with E-state index in [1.165, 1.54) is 11.1 Å². The molecule has 0 radical (unpaired) electrons. The standard InChI is InChI=1S/C33H34N4O3/c1-20-15-24(31-35-34-22(3)40-31)5-7-26(20)27-8-6-25(16-21(27)2)32(38)37-12-9-23-17-30-28(18-29(23)37)33(19-39-30)10-13-36(4)14-11-33/h5-8,15-18H,9-14,19H2,1-4H3. The highest BCUT2D eigenvalue weighted by molar-refractivity contribution is 6.08. The number of carbonyl (C=O) groups excluding carboxylic acids is 1. The highest BCUT2D eigenvalue weighted by Gasteiger charge is 2.44. The average molecular weight is 535 g/mol. The van der Waals surface area contributed by atoms with Gasteiger partial charge < -0.3 is 19.0 Å². The molecule has 3 aromatic carbocycles. The third-order valence-electron chi connectivity index (χ3n) is 9.10. The Hall–Kier alpha value is -3.97. The van der Waals surface area contributed by atoms with Crippen molar-refractivity contribution in [1.29, 1.82) is 0 Å². The number of aromatic nitrogens is 2. The number of ether oxygens (including phenoxy) is 1. The topological polar surface area (TPSA) is 71.7 Å². The van der Waals surface area contributed by atoms with Gasteiger partial charge in [-0.25, -0.2) is 0 Å². The fourth-order valence-electron chi connectivity index (χ4n) is 6.68. The zero-order valence-corrected chi connectivity index (χ0v) is 23.6. The van der Waals surface area contributed by atoms with Crippen molar-refractivity contribution in [2.45, 2.75) is 45.4 Å². The van der Waals surface area contributed by atoms with E-state index < -0.39 is 0 Å². The van der Waals surface area contributed by atoms with Crippen molar-refractivity contribution in [1.82, 2.24) is 15.1 Å². The van der Waals surface area contributed by atoms with Gasteiger partial charge in [0.1, 0.15) is 5.75 Å². The van der Waals surface area contributed by atoms with Crippen LogP contribution >= 0.6 is 0 Å². The smallest absolute Gasteiger partial charge is 0.258 e. The molecule has 4 aromatic rings. The monoisotopic (exact) mass is 534 g/mol. The van der Waals surface area contributed by atoms with Crippen LogP contribution in [0.3, 0.4) is 0 Å². The summed E-state index contributed by atoms with van der Waals surface area (Å²) in [5, 5.41) is 8.08. The Kier molecular flexibility index (Phi) is 5.82. The van der Waals surface area contributed by atoms with Gasteiger partial charge in [0.2, 0.25) is 11.8 Å². The summed E-state index contributed by atoms with van der Waals surface area (Å²) in [5.74, 6) is 2.15. The van der Waals surface area contributed by atoms with Crippen LogP contribution in [0, 0.1) is 20.8 Å². The molecule has 7 nitrogen and oxygen atoms in total. The van der Waals surface area contributed by atoms with Crippen molar-refractivity contribution < 1.29 is 13.9 Å². The first-order valence-corrected chi connectivity index (χ1v) is 14.1. The third kappa shape index (κ3) is 4.03. The lowest BCUT2D eigenvalue weighted by atomic mass is 9.74. The van der Waals surface area contributed by atoms with Crippen LogP contribution < -0.4 is 9.64 Å². The molecule has 0 atom stereocenters. The van der Waals surface area contributed by atoms with Crippen LogP contribution in [0.2, 0.25) is 0 Å². The summed E-state index contributed by atoms with van der Waals surface area (Å²) >= 11 is 0. The van der Waals surface area contributed by atoms with Crippen LogP contribution in [0.5, 0.6) is 5.75 Å². The Balaban J connectivity index is 1.16. The van der Waals surface area contributed by atoms with Gasteiger partial charge in [0.15, 0.2) is 0 Å². The van der Waals surface area contributed by atoms with Gasteiger partial charge in [-0.2, -0.15) is 0 Å². The van der Waals surface area contributed by atoms with Gasteiger partial charge in [-0.15, -0.1) is 10.2 Å². The maximum atomic E-state index is 13.9. The van der Waals surface area contributed by atoms with Gasteiger partial charge >= 0.3 is 0 Å². The number of benzene rings is 3. The Morgan fingerprint density at radius 3 is 2.35 bits per heavy atom. The number of fused-ring (bicyclic) bond motifs is 3. The molecule has 7 rings (SSSR count). The molecule has 1 spiro atoms. The Morgan fingerprint density at radius 1 is 0.900 bits per heavy atom. The largest absolute Gasteiger partial charge is 0.492 e. The number of anilines is 1. The second kappa shape index (κ2) is 9.30. The molecule has 7 heteroatoms. The summed E-state index contributed by atoms with van der Waals surface area (Å²) in [7, 11) is 2.19. The number of amides is 1. The van der Waals surface area contributed by atoms with E-state index >= 15 is 0 Å². The number of piperidine rings is 1. The molecule has 0 bridgehead atoms. The number of carbonyl (C=O) groups is 1. The van der Waals surface area contributed by atoms with E-state index in [9.17, 15) is 4.79 Å². The molecule has 0 unspecified atom stereocenters. The van der Waals surface area contributed by atoms with E-state index in [2.05, 4.69) is 66.3 Å². The molecule has 0 N–H and O–H groups in total. The fourth-order valence-corrected chi connectivity index (χ4v) is 6.68. The van der Waals surface area contributed by atoms with Gasteiger partial charge in [0.05, 0.1) is 6.61 Å². The van der Waals surface area contributed by atoms with Crippen LogP contribution in [-0.2, 0) is 11.8 Å². The average Bonchev–Trinajstić information content (AvgIpc) is 3.66. The van der Waals surface area contributed by atoms with Crippen LogP contribution in [0.4, 0.5) is 5.69 Å². The molecule has 1 aromatic heterocycles. The summed E-state index contributed by atoms with van der Waals surface area (Å²) in [5.41, 5.74) is 9.67. The molecule has 0 saturated carbocycles. The van der Waals surface area contributed by atoms with E-state index in [1.54, 1.807) is 6.92 Å². The Morgan fingerprint density at radius 2 is 1.65 bits per heavy atom. The summed E-state index contributed by atoms with van der Waals surface area (Å²) in [4.78, 5) is 18.2. The van der Waals surface area contributed by atoms with Crippen molar-refractivity contribution in [2.75, 3.05) is 38.2 Å². The predicted molar refractivity (Wildman–Crippen MR) is 155 cm³/mol. The highest BCUT2D eigenvalue weighted by Crippen LogP contribution is 2.49. The summed E-state index contributed by atoms with van der Waals surface area (Å²) < 4.78 is 11.8. The van der Waals surface area contributed by atoms with Crippen LogP contribution in [0.15, 0.2) is 52.9 Å². The van der Waals surface area contributed by atoms with E-state index in [4.69, 9.17) is 9.15 Å². The number of likely N-dealkylation sites (tertiary alicyclic amines) is 1. The van der Waals surface area contributed by atoms with E-state index in [-0.39, 0.29) is 11.3 Å². The predicted octanol–water partition coefficient (Wildman–Crippen LogP) is 5.89. The molecule has 3 aliphatic heterocycles. The van der Waals surface area contributed by atoms with E-state index in [0.29, 0.717) is 18.3 Å². The molecule has 0 aliphatic carbocycles. The number of rotatable bonds is 3. The molecule has 1 amide bonds. The molecule has 204 valence electrons. The highest BCUT2D eigenvalue weighted by atomic mass is 16.5. The number of hydrogen-bond acceptors (Lipinski definition) is 6. The summed E-state index contributed by atoms with van der Waals surface area (Å²) in [6, 6.07) is 16.7. The third-order valence-corrected chi connectivity index (χ3v) is 9.10. The van der Waals surface area contributed by atoms with Gasteiger partial charge in [0, 0.05) is 41.3 Å². The van der Waals surface area contributed by atoms with Gasteiger partial charge in [-0.3, -0.25) is 4.79 Å². The number of aryl methyl sites for hydroxylation is 3. The first-order chi connectivity index (χ1) is 19.3. The van der Waals surface area contributed by atoms with Gasteiger partial charge in [-0.05, 0) is 117 Å². The molecule has 4 heterocycles. The van der Waals surface area contributed by atoms with Crippen molar-refractivity contribution in [3.63, 3.8) is 0 Å². The van der Waals surface area contributed by atoms with Crippen molar-refractivity contribution in [2.24, 2.45) is 0 Å². The quantitative estimate of drug-likeness (QED) is 0.327. The van der Waals surface area contributed by atoms with Crippen LogP contribution in [-0.4, -0.2) is 54.3 Å². The second-order valence-corrected chi connectivity index (χ2v) is 11.7. The molecule has 3 aliphatic rings. The molecular weight excluding hydrogens is 500 g/mol. The lowest BCUT2D eigenvalue weighted by molar-refractivity contribution is 0.0989. The molecule has 1 saturated heterocycles. The molecular formula is C33H34N4O3. The Labute approximate surface area is 234 Å². The minimum absolute atomic E-state index is 0.0588. The molecule has 1 fully saturated rings. The van der Waals surface area contributed by atoms with Gasteiger partial charge in [0.25, 0.3) is 5.91 Å². The normalized spacial score (nSPS) is 17.6. The zero-order chi connectivity index (χ0) is 27.6. The van der Waals surface area contributed by atoms with Crippen molar-refractivity contribution in [3.05, 3.63) is 82.2 Å². The Bertz CT molecular complexity index is 1650. The van der Waals surface area contributed by atoms with Crippen molar-refractivity contribution >= 4 is 11.6 Å². The van der Waals surface area contributed by atoms with Crippen LogP contribution in [0.1, 0.15) is 51.3 Å². The number of hydrogen-bond donors (Lipinski definition) is 0. The maximum absolute atomic E-state index is 13.9. The van der Waals surface area contributed by atoms with Gasteiger partial charge in [-0.1, -0.05) is 12.1 Å². The fraction of sp³-hybridized carbons (Fsp3) is 0.364. The van der Waals surface area contributed by atoms with E-state index in [1.807, 2.05) is 23.1 Å². The first kappa shape index (κ1) is 25.0. The van der Waals surface area contributed by atoms with Crippen LogP contribution in [0.25, 0.3) is 22.6 Å². The lowest BCUT2D eigenvalue weighted by Gasteiger charge is -2.37. The SMILES string of the molecule is Cc1nnc(-c2ccc(-c3ccc(C(=O)N4CCc5cc6c(cc54)C4(CCN(C)CC4)CO6)cc3C)c(C)c2)o1. The van der Waals surface area contributed by atoms with Crippen molar-refractivity contribution in [3.8, 4) is 28.3 Å². The molecule has 40 heavy (non-hydrogen) atoms. The zero-order valence-electron chi connectivity index (χ0n) is 23.6. The summed E-state index contributed by atoms with van der Waals surface area (Å²) in [6.07, 6.45) is 3.05. The minimum Gasteiger partial charge on any atom is -0.492 e. The number of nitrogens with zero attached hydrogens (tertiary/aromatic N) is 4. The lowest BCUT2D eigenvalue weighted by Crippen LogP contribution is -2.42. The van der Waals surface area contributed by atoms with E-state index in [0.717, 1.165) is 83.8 Å². The summed E-state index contributed by atoms with van der Waals surface area (Å²) in [6.45, 7) is 9.55. The minimum atomic E-state index is 0.0588. The second-order valence-electron chi connectivity index (χ2n) is 11.7. The maximum Gasteiger partial charge on any atom is 0.258 e. The first-order valence-electron chi connectivity index (χ1n) is 14.1.